The smallest absolute Gasteiger partial charge is 0.143 e. The fraction of sp³-hybridized carbons (Fsp3) is 0.571. The summed E-state index contributed by atoms with van der Waals surface area (Å²) in [7, 11) is 0. The number of hydrogen-bond acceptors (Lipinski definition) is 4. The van der Waals surface area contributed by atoms with Crippen molar-refractivity contribution in [3.05, 3.63) is 21.8 Å². The van der Waals surface area contributed by atoms with Gasteiger partial charge in [0.1, 0.15) is 5.82 Å². The molecule has 20 heavy (non-hydrogen) atoms. The predicted octanol–water partition coefficient (Wildman–Crippen LogP) is 3.31. The standard InChI is InChI=1S/C14H18BrClN4/c1-2-3-12(9-17)19-4-6-20(7-5-19)14-13(15)8-11(16)10-18-14/h8,10,12H,2-7H2,1H3. The third-order valence-electron chi connectivity index (χ3n) is 3.55. The molecule has 6 heteroatoms. The van der Waals surface area contributed by atoms with Crippen molar-refractivity contribution in [1.82, 2.24) is 9.88 Å². The van der Waals surface area contributed by atoms with Crippen LogP contribution in [0.4, 0.5) is 5.82 Å². The monoisotopic (exact) mass is 356 g/mol. The van der Waals surface area contributed by atoms with Crippen LogP contribution in [0.5, 0.6) is 0 Å². The first-order valence-corrected chi connectivity index (χ1v) is 8.02. The topological polar surface area (TPSA) is 43.2 Å². The number of nitriles is 1. The molecule has 1 fully saturated rings. The highest BCUT2D eigenvalue weighted by molar-refractivity contribution is 9.10. The summed E-state index contributed by atoms with van der Waals surface area (Å²) in [5, 5.41) is 9.86. The van der Waals surface area contributed by atoms with Gasteiger partial charge in [0, 0.05) is 32.4 Å². The van der Waals surface area contributed by atoms with Crippen LogP contribution in [0.3, 0.4) is 0 Å². The average Bonchev–Trinajstić information content (AvgIpc) is 2.45. The van der Waals surface area contributed by atoms with E-state index in [0.717, 1.165) is 49.3 Å². The van der Waals surface area contributed by atoms with Gasteiger partial charge in [0.15, 0.2) is 0 Å². The molecule has 1 unspecified atom stereocenters. The number of piperazine rings is 1. The molecule has 1 saturated heterocycles. The maximum absolute atomic E-state index is 9.23. The lowest BCUT2D eigenvalue weighted by atomic mass is 10.1. The zero-order valence-electron chi connectivity index (χ0n) is 11.5. The lowest BCUT2D eigenvalue weighted by Crippen LogP contribution is -2.50. The largest absolute Gasteiger partial charge is 0.353 e. The third-order valence-corrected chi connectivity index (χ3v) is 4.34. The summed E-state index contributed by atoms with van der Waals surface area (Å²) in [6.45, 7) is 5.68. The highest BCUT2D eigenvalue weighted by Crippen LogP contribution is 2.27. The van der Waals surface area contributed by atoms with E-state index >= 15 is 0 Å². The molecular formula is C14H18BrClN4. The second-order valence-electron chi connectivity index (χ2n) is 4.92. The van der Waals surface area contributed by atoms with Crippen LogP contribution in [-0.4, -0.2) is 42.1 Å². The van der Waals surface area contributed by atoms with Gasteiger partial charge in [-0.15, -0.1) is 0 Å². The van der Waals surface area contributed by atoms with Crippen LogP contribution in [0.2, 0.25) is 5.02 Å². The zero-order chi connectivity index (χ0) is 14.5. The molecule has 0 N–H and O–H groups in total. The van der Waals surface area contributed by atoms with Crippen LogP contribution in [0, 0.1) is 11.3 Å². The molecule has 0 aliphatic carbocycles. The summed E-state index contributed by atoms with van der Waals surface area (Å²) in [4.78, 5) is 8.89. The third kappa shape index (κ3) is 3.63. The lowest BCUT2D eigenvalue weighted by Gasteiger charge is -2.37. The number of halogens is 2. The summed E-state index contributed by atoms with van der Waals surface area (Å²) in [5.74, 6) is 0.929. The molecule has 4 nitrogen and oxygen atoms in total. The normalized spacial score (nSPS) is 17.8. The highest BCUT2D eigenvalue weighted by atomic mass is 79.9. The maximum atomic E-state index is 9.23. The summed E-state index contributed by atoms with van der Waals surface area (Å²) in [5.41, 5.74) is 0. The van der Waals surface area contributed by atoms with E-state index in [1.54, 1.807) is 6.20 Å². The first kappa shape index (κ1) is 15.6. The SMILES string of the molecule is CCCC(C#N)N1CCN(c2ncc(Cl)cc2Br)CC1. The highest BCUT2D eigenvalue weighted by Gasteiger charge is 2.24. The summed E-state index contributed by atoms with van der Waals surface area (Å²) < 4.78 is 0.920. The fourth-order valence-corrected chi connectivity index (χ4v) is 3.38. The molecule has 1 aliphatic heterocycles. The van der Waals surface area contributed by atoms with Gasteiger partial charge in [-0.3, -0.25) is 4.90 Å². The molecular weight excluding hydrogens is 340 g/mol. The van der Waals surface area contributed by atoms with Crippen LogP contribution in [0.25, 0.3) is 0 Å². The Labute approximate surface area is 133 Å². The Hall–Kier alpha value is -0.830. The number of nitrogens with zero attached hydrogens (tertiary/aromatic N) is 4. The van der Waals surface area contributed by atoms with E-state index in [1.165, 1.54) is 0 Å². The van der Waals surface area contributed by atoms with E-state index in [1.807, 2.05) is 6.07 Å². The minimum Gasteiger partial charge on any atom is -0.353 e. The molecule has 0 aromatic carbocycles. The average molecular weight is 358 g/mol. The summed E-state index contributed by atoms with van der Waals surface area (Å²) in [6, 6.07) is 4.32. The summed E-state index contributed by atoms with van der Waals surface area (Å²) in [6.07, 6.45) is 3.66. The molecule has 2 heterocycles. The van der Waals surface area contributed by atoms with Crippen LogP contribution < -0.4 is 4.90 Å². The van der Waals surface area contributed by atoms with Crippen molar-refractivity contribution in [3.63, 3.8) is 0 Å². The Morgan fingerprint density at radius 1 is 1.45 bits per heavy atom. The Morgan fingerprint density at radius 3 is 2.70 bits per heavy atom. The molecule has 1 aromatic rings. The quantitative estimate of drug-likeness (QED) is 0.829. The van der Waals surface area contributed by atoms with Crippen LogP contribution in [0.15, 0.2) is 16.7 Å². The molecule has 0 bridgehead atoms. The van der Waals surface area contributed by atoms with Gasteiger partial charge >= 0.3 is 0 Å². The molecule has 0 amide bonds. The number of rotatable bonds is 4. The number of aromatic nitrogens is 1. The van der Waals surface area contributed by atoms with Gasteiger partial charge in [-0.1, -0.05) is 24.9 Å². The molecule has 1 atom stereocenters. The minimum atomic E-state index is 0.0452. The van der Waals surface area contributed by atoms with Crippen molar-refractivity contribution >= 4 is 33.3 Å². The van der Waals surface area contributed by atoms with Crippen molar-refractivity contribution in [2.24, 2.45) is 0 Å². The van der Waals surface area contributed by atoms with Crippen molar-refractivity contribution in [2.45, 2.75) is 25.8 Å². The van der Waals surface area contributed by atoms with Gasteiger partial charge in [0.05, 0.1) is 21.6 Å². The van der Waals surface area contributed by atoms with Gasteiger partial charge in [-0.25, -0.2) is 4.98 Å². The fourth-order valence-electron chi connectivity index (χ4n) is 2.49. The van der Waals surface area contributed by atoms with Crippen molar-refractivity contribution in [3.8, 4) is 6.07 Å². The Kier molecular flexibility index (Phi) is 5.64. The maximum Gasteiger partial charge on any atom is 0.143 e. The first-order valence-electron chi connectivity index (χ1n) is 6.85. The van der Waals surface area contributed by atoms with Crippen molar-refractivity contribution in [2.75, 3.05) is 31.1 Å². The lowest BCUT2D eigenvalue weighted by molar-refractivity contribution is 0.211. The summed E-state index contributed by atoms with van der Waals surface area (Å²) >= 11 is 9.43. The Bertz CT molecular complexity index is 494. The van der Waals surface area contributed by atoms with Gasteiger partial charge < -0.3 is 4.90 Å². The predicted molar refractivity (Wildman–Crippen MR) is 85.0 cm³/mol. The molecule has 1 aromatic heterocycles. The molecule has 2 rings (SSSR count). The number of anilines is 1. The van der Waals surface area contributed by atoms with E-state index in [9.17, 15) is 5.26 Å². The van der Waals surface area contributed by atoms with E-state index in [-0.39, 0.29) is 6.04 Å². The minimum absolute atomic E-state index is 0.0452. The van der Waals surface area contributed by atoms with Crippen molar-refractivity contribution < 1.29 is 0 Å². The Balaban J connectivity index is 1.99. The molecule has 0 spiro atoms. The number of pyridine rings is 1. The van der Waals surface area contributed by atoms with E-state index in [4.69, 9.17) is 11.6 Å². The van der Waals surface area contributed by atoms with Crippen LogP contribution in [0.1, 0.15) is 19.8 Å². The van der Waals surface area contributed by atoms with Gasteiger partial charge in [-0.05, 0) is 28.4 Å². The second kappa shape index (κ2) is 7.26. The van der Waals surface area contributed by atoms with Gasteiger partial charge in [0.2, 0.25) is 0 Å². The first-order chi connectivity index (χ1) is 9.65. The van der Waals surface area contributed by atoms with E-state index in [2.05, 4.69) is 43.7 Å². The van der Waals surface area contributed by atoms with Crippen LogP contribution >= 0.6 is 27.5 Å². The van der Waals surface area contributed by atoms with E-state index < -0.39 is 0 Å². The van der Waals surface area contributed by atoms with E-state index in [0.29, 0.717) is 5.02 Å². The second-order valence-corrected chi connectivity index (χ2v) is 6.21. The molecule has 1 aliphatic rings. The molecule has 0 saturated carbocycles. The molecule has 108 valence electrons. The Morgan fingerprint density at radius 2 is 2.15 bits per heavy atom. The molecule has 0 radical (unpaired) electrons. The zero-order valence-corrected chi connectivity index (χ0v) is 13.9. The van der Waals surface area contributed by atoms with Crippen LogP contribution in [-0.2, 0) is 0 Å². The number of hydrogen-bond donors (Lipinski definition) is 0. The van der Waals surface area contributed by atoms with Gasteiger partial charge in [0.25, 0.3) is 0 Å². The van der Waals surface area contributed by atoms with Crippen molar-refractivity contribution in [1.29, 1.82) is 5.26 Å². The van der Waals surface area contributed by atoms with Gasteiger partial charge in [-0.2, -0.15) is 5.26 Å².